The summed E-state index contributed by atoms with van der Waals surface area (Å²) in [5.74, 6) is -0.302. The summed E-state index contributed by atoms with van der Waals surface area (Å²) in [4.78, 5) is 12.2. The van der Waals surface area contributed by atoms with E-state index in [0.29, 0.717) is 11.1 Å². The summed E-state index contributed by atoms with van der Waals surface area (Å²) in [7, 11) is 0. The fourth-order valence-corrected chi connectivity index (χ4v) is 2.67. The second-order valence-electron chi connectivity index (χ2n) is 5.15. The molecule has 1 aliphatic carbocycles. The summed E-state index contributed by atoms with van der Waals surface area (Å²) in [5, 5.41) is 9.60. The van der Waals surface area contributed by atoms with E-state index in [2.05, 4.69) is 13.5 Å². The largest absolute Gasteiger partial charge is 0.508 e. The van der Waals surface area contributed by atoms with E-state index in [0.717, 1.165) is 32.1 Å². The van der Waals surface area contributed by atoms with E-state index in [-0.39, 0.29) is 17.3 Å². The first-order valence-corrected chi connectivity index (χ1v) is 6.78. The van der Waals surface area contributed by atoms with Gasteiger partial charge in [-0.2, -0.15) is 0 Å². The molecule has 0 aromatic heterocycles. The number of aromatic hydroxyl groups is 1. The Morgan fingerprint density at radius 1 is 1.42 bits per heavy atom. The lowest BCUT2D eigenvalue weighted by Gasteiger charge is -2.27. The predicted molar refractivity (Wildman–Crippen MR) is 75.1 cm³/mol. The van der Waals surface area contributed by atoms with Crippen LogP contribution in [0, 0.1) is 0 Å². The Kier molecular flexibility index (Phi) is 3.93. The number of carbonyl (C=O) groups excluding carboxylic acids is 1. The Labute approximate surface area is 113 Å². The first-order valence-electron chi connectivity index (χ1n) is 6.78. The van der Waals surface area contributed by atoms with Crippen LogP contribution < -0.4 is 0 Å². The molecule has 1 fully saturated rings. The fourth-order valence-electron chi connectivity index (χ4n) is 2.67. The molecule has 0 heterocycles. The van der Waals surface area contributed by atoms with E-state index >= 15 is 0 Å². The summed E-state index contributed by atoms with van der Waals surface area (Å²) in [6.45, 7) is 5.69. The van der Waals surface area contributed by atoms with Gasteiger partial charge >= 0.3 is 5.97 Å². The Hall–Kier alpha value is -1.77. The van der Waals surface area contributed by atoms with E-state index in [4.69, 9.17) is 4.74 Å². The first kappa shape index (κ1) is 13.7. The van der Waals surface area contributed by atoms with Gasteiger partial charge in [-0.25, -0.2) is 4.79 Å². The molecule has 0 atom stereocenters. The highest BCUT2D eigenvalue weighted by Gasteiger charge is 2.36. The lowest BCUT2D eigenvalue weighted by atomic mass is 9.98. The average molecular weight is 260 g/mol. The smallest absolute Gasteiger partial charge is 0.338 e. The maximum atomic E-state index is 12.2. The summed E-state index contributed by atoms with van der Waals surface area (Å²) in [5.41, 5.74) is 0.787. The molecule has 0 radical (unpaired) electrons. The van der Waals surface area contributed by atoms with Crippen LogP contribution in [0.25, 0.3) is 6.08 Å². The minimum absolute atomic E-state index is 0.0568. The molecule has 2 rings (SSSR count). The van der Waals surface area contributed by atoms with Crippen LogP contribution in [-0.4, -0.2) is 16.7 Å². The number of rotatable bonds is 4. The van der Waals surface area contributed by atoms with Crippen molar-refractivity contribution in [1.82, 2.24) is 0 Å². The van der Waals surface area contributed by atoms with E-state index in [9.17, 15) is 9.90 Å². The molecule has 3 nitrogen and oxygen atoms in total. The standard InChI is InChI=1S/C16H20O3/c1-3-12-9-13(11-14(17)10-12)15(18)19-16(4-2)7-5-6-8-16/h3,9-11,17H,1,4-8H2,2H3. The summed E-state index contributed by atoms with van der Waals surface area (Å²) >= 11 is 0. The third-order valence-electron chi connectivity index (χ3n) is 3.88. The molecular weight excluding hydrogens is 240 g/mol. The highest BCUT2D eigenvalue weighted by molar-refractivity contribution is 5.91. The number of carbonyl (C=O) groups is 1. The molecule has 0 spiro atoms. The van der Waals surface area contributed by atoms with Gasteiger partial charge in [0.25, 0.3) is 0 Å². The van der Waals surface area contributed by atoms with E-state index in [1.807, 2.05) is 0 Å². The highest BCUT2D eigenvalue weighted by Crippen LogP contribution is 2.36. The molecule has 0 aliphatic heterocycles. The van der Waals surface area contributed by atoms with Gasteiger partial charge in [-0.3, -0.25) is 0 Å². The number of phenolic OH excluding ortho intramolecular Hbond substituents is 1. The van der Waals surface area contributed by atoms with Gasteiger partial charge < -0.3 is 9.84 Å². The van der Waals surface area contributed by atoms with E-state index in [1.54, 1.807) is 18.2 Å². The van der Waals surface area contributed by atoms with Crippen molar-refractivity contribution in [3.8, 4) is 5.75 Å². The van der Waals surface area contributed by atoms with Crippen LogP contribution in [0.4, 0.5) is 0 Å². The maximum absolute atomic E-state index is 12.2. The van der Waals surface area contributed by atoms with Crippen molar-refractivity contribution in [2.45, 2.75) is 44.6 Å². The van der Waals surface area contributed by atoms with Gasteiger partial charge in [-0.15, -0.1) is 0 Å². The topological polar surface area (TPSA) is 46.5 Å². The van der Waals surface area contributed by atoms with Crippen molar-refractivity contribution in [3.05, 3.63) is 35.9 Å². The second kappa shape index (κ2) is 5.47. The minimum atomic E-state index is -0.359. The van der Waals surface area contributed by atoms with Gasteiger partial charge in [0, 0.05) is 0 Å². The molecular formula is C16H20O3. The predicted octanol–water partition coefficient (Wildman–Crippen LogP) is 3.91. The van der Waals surface area contributed by atoms with Crippen molar-refractivity contribution in [3.63, 3.8) is 0 Å². The molecule has 102 valence electrons. The van der Waals surface area contributed by atoms with Crippen molar-refractivity contribution >= 4 is 12.0 Å². The van der Waals surface area contributed by atoms with E-state index in [1.165, 1.54) is 6.07 Å². The summed E-state index contributed by atoms with van der Waals surface area (Å²) in [6.07, 6.45) is 6.52. The molecule has 1 N–H and O–H groups in total. The van der Waals surface area contributed by atoms with Crippen LogP contribution in [-0.2, 0) is 4.74 Å². The zero-order valence-corrected chi connectivity index (χ0v) is 11.3. The van der Waals surface area contributed by atoms with Crippen LogP contribution in [0.15, 0.2) is 24.8 Å². The van der Waals surface area contributed by atoms with Gasteiger partial charge in [0.15, 0.2) is 0 Å². The third-order valence-corrected chi connectivity index (χ3v) is 3.88. The van der Waals surface area contributed by atoms with Gasteiger partial charge in [0.2, 0.25) is 0 Å². The Bertz CT molecular complexity index is 485. The van der Waals surface area contributed by atoms with Crippen molar-refractivity contribution < 1.29 is 14.6 Å². The third kappa shape index (κ3) is 2.98. The highest BCUT2D eigenvalue weighted by atomic mass is 16.6. The quantitative estimate of drug-likeness (QED) is 0.835. The molecule has 1 aliphatic rings. The molecule has 19 heavy (non-hydrogen) atoms. The number of hydrogen-bond acceptors (Lipinski definition) is 3. The molecule has 0 bridgehead atoms. The van der Waals surface area contributed by atoms with Crippen LogP contribution in [0.3, 0.4) is 0 Å². The number of ether oxygens (including phenoxy) is 1. The minimum Gasteiger partial charge on any atom is -0.508 e. The Morgan fingerprint density at radius 2 is 2.11 bits per heavy atom. The molecule has 0 saturated heterocycles. The van der Waals surface area contributed by atoms with E-state index < -0.39 is 0 Å². The molecule has 3 heteroatoms. The van der Waals surface area contributed by atoms with Crippen LogP contribution >= 0.6 is 0 Å². The molecule has 0 amide bonds. The lowest BCUT2D eigenvalue weighted by molar-refractivity contribution is -0.0172. The average Bonchev–Trinajstić information content (AvgIpc) is 2.87. The van der Waals surface area contributed by atoms with Gasteiger partial charge in [0.05, 0.1) is 5.56 Å². The van der Waals surface area contributed by atoms with Gasteiger partial charge in [-0.05, 0) is 55.9 Å². The number of benzene rings is 1. The van der Waals surface area contributed by atoms with Crippen molar-refractivity contribution in [2.75, 3.05) is 0 Å². The van der Waals surface area contributed by atoms with Crippen molar-refractivity contribution in [2.24, 2.45) is 0 Å². The van der Waals surface area contributed by atoms with Gasteiger partial charge in [0.1, 0.15) is 11.4 Å². The Balaban J connectivity index is 2.19. The molecule has 1 aromatic carbocycles. The molecule has 1 aromatic rings. The second-order valence-corrected chi connectivity index (χ2v) is 5.15. The van der Waals surface area contributed by atoms with Gasteiger partial charge in [-0.1, -0.05) is 19.6 Å². The summed E-state index contributed by atoms with van der Waals surface area (Å²) in [6, 6.07) is 4.69. The van der Waals surface area contributed by atoms with Crippen LogP contribution in [0.2, 0.25) is 0 Å². The lowest BCUT2D eigenvalue weighted by Crippen LogP contribution is -2.31. The summed E-state index contributed by atoms with van der Waals surface area (Å²) < 4.78 is 5.70. The molecule has 0 unspecified atom stereocenters. The monoisotopic (exact) mass is 260 g/mol. The zero-order valence-electron chi connectivity index (χ0n) is 11.3. The van der Waals surface area contributed by atoms with Crippen molar-refractivity contribution in [1.29, 1.82) is 0 Å². The number of hydrogen-bond donors (Lipinski definition) is 1. The number of esters is 1. The number of phenols is 1. The van der Waals surface area contributed by atoms with Crippen LogP contribution in [0.1, 0.15) is 54.9 Å². The maximum Gasteiger partial charge on any atom is 0.338 e. The SMILES string of the molecule is C=Cc1cc(O)cc(C(=O)OC2(CC)CCCC2)c1. The zero-order chi connectivity index (χ0) is 13.9. The molecule has 1 saturated carbocycles. The fraction of sp³-hybridized carbons (Fsp3) is 0.438. The Morgan fingerprint density at radius 3 is 2.68 bits per heavy atom. The van der Waals surface area contributed by atoms with Crippen LogP contribution in [0.5, 0.6) is 5.75 Å². The first-order chi connectivity index (χ1) is 9.08. The normalized spacial score (nSPS) is 17.1.